The zero-order chi connectivity index (χ0) is 22.4. The van der Waals surface area contributed by atoms with Crippen molar-refractivity contribution >= 4 is 21.6 Å². The summed E-state index contributed by atoms with van der Waals surface area (Å²) in [6.07, 6.45) is 2.65. The van der Waals surface area contributed by atoms with Crippen molar-refractivity contribution in [1.29, 1.82) is 0 Å². The summed E-state index contributed by atoms with van der Waals surface area (Å²) < 4.78 is 30.9. The van der Waals surface area contributed by atoms with Crippen molar-refractivity contribution in [2.75, 3.05) is 30.3 Å². The minimum absolute atomic E-state index is 0.0347. The number of ether oxygens (including phenoxy) is 1. The molecule has 0 heterocycles. The molecule has 0 fully saturated rings. The Labute approximate surface area is 179 Å². The Balaban J connectivity index is 1.94. The van der Waals surface area contributed by atoms with Crippen molar-refractivity contribution < 1.29 is 17.9 Å². The Morgan fingerprint density at radius 2 is 1.77 bits per heavy atom. The monoisotopic (exact) mass is 430 g/mol. The molecule has 0 unspecified atom stereocenters. The number of hydrogen-bond acceptors (Lipinski definition) is 4. The van der Waals surface area contributed by atoms with Gasteiger partial charge in [-0.05, 0) is 41.3 Å². The molecule has 1 N–H and O–H groups in total. The molecule has 6 nitrogen and oxygen atoms in total. The van der Waals surface area contributed by atoms with Crippen LogP contribution in [0, 0.1) is 0 Å². The molecular formula is C23H30N2O4S. The van der Waals surface area contributed by atoms with E-state index in [1.165, 1.54) is 10.4 Å². The summed E-state index contributed by atoms with van der Waals surface area (Å²) in [5, 5.41) is 2.82. The normalized spacial score (nSPS) is 11.6. The van der Waals surface area contributed by atoms with Gasteiger partial charge in [-0.2, -0.15) is 0 Å². The highest BCUT2D eigenvalue weighted by Crippen LogP contribution is 2.30. The lowest BCUT2D eigenvalue weighted by atomic mass is 9.86. The van der Waals surface area contributed by atoms with Crippen LogP contribution >= 0.6 is 0 Å². The van der Waals surface area contributed by atoms with E-state index >= 15 is 0 Å². The molecule has 162 valence electrons. The van der Waals surface area contributed by atoms with E-state index in [-0.39, 0.29) is 17.9 Å². The molecule has 0 spiro atoms. The van der Waals surface area contributed by atoms with Crippen LogP contribution in [0.5, 0.6) is 5.75 Å². The number of para-hydroxylation sites is 1. The molecule has 30 heavy (non-hydrogen) atoms. The summed E-state index contributed by atoms with van der Waals surface area (Å²) in [6.45, 7) is 10.8. The quantitative estimate of drug-likeness (QED) is 0.486. The Morgan fingerprint density at radius 1 is 1.13 bits per heavy atom. The van der Waals surface area contributed by atoms with Gasteiger partial charge in [-0.3, -0.25) is 9.10 Å². The number of sulfonamides is 1. The van der Waals surface area contributed by atoms with Crippen molar-refractivity contribution in [3.05, 3.63) is 72.3 Å². The maximum absolute atomic E-state index is 12.4. The first-order valence-corrected chi connectivity index (χ1v) is 11.6. The van der Waals surface area contributed by atoms with Crippen LogP contribution < -0.4 is 14.4 Å². The molecule has 0 radical (unpaired) electrons. The van der Waals surface area contributed by atoms with Crippen molar-refractivity contribution in [1.82, 2.24) is 5.32 Å². The minimum Gasteiger partial charge on any atom is -0.491 e. The van der Waals surface area contributed by atoms with Crippen LogP contribution in [0.4, 0.5) is 5.69 Å². The Morgan fingerprint density at radius 3 is 2.33 bits per heavy atom. The van der Waals surface area contributed by atoms with Crippen molar-refractivity contribution in [3.8, 4) is 5.75 Å². The fourth-order valence-corrected chi connectivity index (χ4v) is 3.85. The number of carbonyl (C=O) groups excluding carboxylic acids is 1. The number of carbonyl (C=O) groups is 1. The molecule has 0 atom stereocenters. The lowest BCUT2D eigenvalue weighted by Crippen LogP contribution is -2.30. The number of amides is 1. The zero-order valence-electron chi connectivity index (χ0n) is 18.0. The molecule has 2 rings (SSSR count). The fourth-order valence-electron chi connectivity index (χ4n) is 2.97. The molecule has 2 aromatic carbocycles. The number of benzene rings is 2. The average molecular weight is 431 g/mol. The summed E-state index contributed by atoms with van der Waals surface area (Å²) in [5.74, 6) is 0.565. The number of nitrogens with zero attached hydrogens (tertiary/aromatic N) is 1. The predicted molar refractivity (Wildman–Crippen MR) is 122 cm³/mol. The molecular weight excluding hydrogens is 400 g/mol. The van der Waals surface area contributed by atoms with Gasteiger partial charge in [-0.25, -0.2) is 8.42 Å². The number of anilines is 1. The minimum atomic E-state index is -3.43. The van der Waals surface area contributed by atoms with Crippen molar-refractivity contribution in [3.63, 3.8) is 0 Å². The fraction of sp³-hybridized carbons (Fsp3) is 0.348. The third-order valence-electron chi connectivity index (χ3n) is 4.45. The molecule has 1 amide bonds. The lowest BCUT2D eigenvalue weighted by molar-refractivity contribution is 0.0947. The first-order chi connectivity index (χ1) is 14.0. The van der Waals surface area contributed by atoms with Gasteiger partial charge >= 0.3 is 0 Å². The summed E-state index contributed by atoms with van der Waals surface area (Å²) in [7, 11) is -3.43. The van der Waals surface area contributed by atoms with Crippen LogP contribution in [-0.2, 0) is 15.4 Å². The van der Waals surface area contributed by atoms with Gasteiger partial charge in [0.15, 0.2) is 0 Å². The predicted octanol–water partition coefficient (Wildman–Crippen LogP) is 3.74. The van der Waals surface area contributed by atoms with Crippen molar-refractivity contribution in [2.45, 2.75) is 26.2 Å². The molecule has 0 aromatic heterocycles. The SMILES string of the molecule is C=CCN(c1ccc(C(=O)NCCOc2ccccc2C(C)(C)C)cc1)S(C)(=O)=O. The molecule has 0 aliphatic rings. The highest BCUT2D eigenvalue weighted by molar-refractivity contribution is 7.92. The molecule has 7 heteroatoms. The maximum atomic E-state index is 12.4. The standard InChI is InChI=1S/C23H30N2O4S/c1-6-16-25(30(5,27)28)19-13-11-18(12-14-19)22(26)24-15-17-29-21-10-8-7-9-20(21)23(2,3)4/h6-14H,1,15-17H2,2-5H3,(H,24,26). The zero-order valence-corrected chi connectivity index (χ0v) is 18.8. The van der Waals surface area contributed by atoms with Crippen LogP contribution in [0.25, 0.3) is 0 Å². The Bertz CT molecular complexity index is 977. The highest BCUT2D eigenvalue weighted by Gasteiger charge is 2.18. The third-order valence-corrected chi connectivity index (χ3v) is 5.61. The van der Waals surface area contributed by atoms with E-state index in [0.29, 0.717) is 24.4 Å². The largest absolute Gasteiger partial charge is 0.491 e. The van der Waals surface area contributed by atoms with E-state index in [1.807, 2.05) is 24.3 Å². The van der Waals surface area contributed by atoms with Gasteiger partial charge in [0.25, 0.3) is 5.91 Å². The van der Waals surface area contributed by atoms with Gasteiger partial charge in [-0.15, -0.1) is 6.58 Å². The van der Waals surface area contributed by atoms with Gasteiger partial charge < -0.3 is 10.1 Å². The van der Waals surface area contributed by atoms with Gasteiger partial charge in [0.05, 0.1) is 25.0 Å². The second-order valence-corrected chi connectivity index (χ2v) is 9.89. The van der Waals surface area contributed by atoms with Crippen LogP contribution in [0.1, 0.15) is 36.7 Å². The second kappa shape index (κ2) is 9.80. The van der Waals surface area contributed by atoms with Gasteiger partial charge in [-0.1, -0.05) is 45.0 Å². The topological polar surface area (TPSA) is 75.7 Å². The summed E-state index contributed by atoms with van der Waals surface area (Å²) >= 11 is 0. The summed E-state index contributed by atoms with van der Waals surface area (Å²) in [5.41, 5.74) is 2.01. The smallest absolute Gasteiger partial charge is 0.251 e. The number of rotatable bonds is 9. The third kappa shape index (κ3) is 6.35. The molecule has 0 saturated carbocycles. The van der Waals surface area contributed by atoms with E-state index in [9.17, 15) is 13.2 Å². The molecule has 0 aliphatic heterocycles. The first-order valence-electron chi connectivity index (χ1n) is 9.73. The van der Waals surface area contributed by atoms with E-state index < -0.39 is 10.0 Å². The lowest BCUT2D eigenvalue weighted by Gasteiger charge is -2.22. The van der Waals surface area contributed by atoms with E-state index in [4.69, 9.17) is 4.74 Å². The molecule has 2 aromatic rings. The molecule has 0 aliphatic carbocycles. The average Bonchev–Trinajstić information content (AvgIpc) is 2.68. The van der Waals surface area contributed by atoms with Crippen LogP contribution in [0.3, 0.4) is 0 Å². The van der Waals surface area contributed by atoms with E-state index in [0.717, 1.165) is 17.6 Å². The highest BCUT2D eigenvalue weighted by atomic mass is 32.2. The van der Waals surface area contributed by atoms with Gasteiger partial charge in [0.2, 0.25) is 10.0 Å². The summed E-state index contributed by atoms with van der Waals surface area (Å²) in [6, 6.07) is 14.3. The Hall–Kier alpha value is -2.80. The Kier molecular flexibility index (Phi) is 7.67. The van der Waals surface area contributed by atoms with Crippen LogP contribution in [0.15, 0.2) is 61.2 Å². The summed E-state index contributed by atoms with van der Waals surface area (Å²) in [4.78, 5) is 12.4. The molecule has 0 bridgehead atoms. The molecule has 0 saturated heterocycles. The van der Waals surface area contributed by atoms with Crippen LogP contribution in [0.2, 0.25) is 0 Å². The number of hydrogen-bond donors (Lipinski definition) is 1. The maximum Gasteiger partial charge on any atom is 0.251 e. The number of nitrogens with one attached hydrogen (secondary N) is 1. The second-order valence-electron chi connectivity index (χ2n) is 7.98. The van der Waals surface area contributed by atoms with Gasteiger partial charge in [0, 0.05) is 5.56 Å². The van der Waals surface area contributed by atoms with E-state index in [1.54, 1.807) is 24.3 Å². The van der Waals surface area contributed by atoms with Crippen molar-refractivity contribution in [2.24, 2.45) is 0 Å². The first kappa shape index (κ1) is 23.5. The van der Waals surface area contributed by atoms with Crippen LogP contribution in [-0.4, -0.2) is 40.3 Å². The van der Waals surface area contributed by atoms with E-state index in [2.05, 4.69) is 32.7 Å². The van der Waals surface area contributed by atoms with Gasteiger partial charge in [0.1, 0.15) is 12.4 Å².